The predicted octanol–water partition coefficient (Wildman–Crippen LogP) is 5.32. The summed E-state index contributed by atoms with van der Waals surface area (Å²) in [4.78, 5) is 57.9. The Morgan fingerprint density at radius 2 is 1.43 bits per heavy atom. The molecule has 1 heterocycles. The monoisotopic (exact) mass is 699 g/mol. The molecular weight excluding hydrogens is 654 g/mol. The van der Waals surface area contributed by atoms with Crippen molar-refractivity contribution in [2.45, 2.75) is 64.4 Å². The first kappa shape index (κ1) is 38.1. The third-order valence-corrected chi connectivity index (χ3v) is 7.60. The van der Waals surface area contributed by atoms with Crippen LogP contribution in [-0.4, -0.2) is 71.3 Å². The van der Waals surface area contributed by atoms with Crippen molar-refractivity contribution in [1.29, 1.82) is 0 Å². The number of methoxy groups -OCH3 is 2. The molecule has 0 saturated carbocycles. The van der Waals surface area contributed by atoms with E-state index in [1.807, 2.05) is 30.3 Å². The lowest BCUT2D eigenvalue weighted by atomic mass is 9.97. The molecule has 2 atom stereocenters. The van der Waals surface area contributed by atoms with Crippen LogP contribution in [0, 0.1) is 0 Å². The van der Waals surface area contributed by atoms with Crippen LogP contribution >= 0.6 is 0 Å². The van der Waals surface area contributed by atoms with Gasteiger partial charge < -0.3 is 39.5 Å². The first-order valence-electron chi connectivity index (χ1n) is 16.3. The zero-order chi connectivity index (χ0) is 37.2. The van der Waals surface area contributed by atoms with E-state index in [0.29, 0.717) is 22.6 Å². The topological polar surface area (TPSA) is 159 Å². The van der Waals surface area contributed by atoms with Crippen molar-refractivity contribution < 1.29 is 38.1 Å². The minimum absolute atomic E-state index is 0.134. The fourth-order valence-electron chi connectivity index (χ4n) is 4.92. The number of alkyl carbamates (subject to hydrolysis) is 1. The number of anilines is 1. The SMILES string of the molecule is COc1ccc(C(=O)C(c2ccc(OC)cc2)n2cnc(NC(=O)[C@@H](COCc3ccccc3)NC(=O)C(C)(C)NC(=O)OC(C)(C)C)c2)cc1. The summed E-state index contributed by atoms with van der Waals surface area (Å²) < 4.78 is 23.3. The zero-order valence-electron chi connectivity index (χ0n) is 29.9. The Labute approximate surface area is 297 Å². The Hall–Kier alpha value is -5.69. The highest BCUT2D eigenvalue weighted by Gasteiger charge is 2.35. The van der Waals surface area contributed by atoms with Gasteiger partial charge in [-0.25, -0.2) is 9.78 Å². The van der Waals surface area contributed by atoms with Crippen molar-refractivity contribution in [3.63, 3.8) is 0 Å². The normalized spacial score (nSPS) is 12.6. The van der Waals surface area contributed by atoms with Gasteiger partial charge in [-0.2, -0.15) is 0 Å². The number of nitrogens with one attached hydrogen (secondary N) is 3. The van der Waals surface area contributed by atoms with Crippen LogP contribution < -0.4 is 25.4 Å². The molecule has 3 amide bonds. The first-order valence-corrected chi connectivity index (χ1v) is 16.3. The summed E-state index contributed by atoms with van der Waals surface area (Å²) in [6.07, 6.45) is 2.19. The molecule has 1 aromatic heterocycles. The quantitative estimate of drug-likeness (QED) is 0.140. The van der Waals surface area contributed by atoms with Crippen LogP contribution in [0.15, 0.2) is 91.4 Å². The fraction of sp³-hybridized carbons (Fsp3) is 0.342. The van der Waals surface area contributed by atoms with Crippen LogP contribution in [0.25, 0.3) is 0 Å². The number of nitrogens with zero attached hydrogens (tertiary/aromatic N) is 2. The molecule has 0 spiro atoms. The largest absolute Gasteiger partial charge is 0.497 e. The predicted molar refractivity (Wildman–Crippen MR) is 191 cm³/mol. The minimum atomic E-state index is -1.45. The summed E-state index contributed by atoms with van der Waals surface area (Å²) in [7, 11) is 3.10. The van der Waals surface area contributed by atoms with E-state index in [9.17, 15) is 19.2 Å². The molecule has 3 N–H and O–H groups in total. The smallest absolute Gasteiger partial charge is 0.408 e. The van der Waals surface area contributed by atoms with E-state index in [4.69, 9.17) is 18.9 Å². The summed E-state index contributed by atoms with van der Waals surface area (Å²) in [6, 6.07) is 21.2. The molecule has 0 fully saturated rings. The number of Topliss-reactive ketones (excluding diaryl/α,β-unsaturated/α-hetero) is 1. The molecule has 3 aromatic carbocycles. The van der Waals surface area contributed by atoms with Crippen molar-refractivity contribution in [3.05, 3.63) is 108 Å². The fourth-order valence-corrected chi connectivity index (χ4v) is 4.92. The van der Waals surface area contributed by atoms with Gasteiger partial charge in [0, 0.05) is 11.8 Å². The average Bonchev–Trinajstić information content (AvgIpc) is 3.54. The number of ether oxygens (including phenoxy) is 4. The summed E-state index contributed by atoms with van der Waals surface area (Å²) >= 11 is 0. The molecule has 0 radical (unpaired) electrons. The standard InChI is InChI=1S/C38H45N5O8/c1-37(2,3)51-36(47)42-38(4,5)35(46)40-30(23-50-22-25-11-9-8-10-12-25)34(45)41-31-21-43(24-39-31)32(26-13-17-28(48-6)18-14-26)33(44)27-15-19-29(49-7)20-16-27/h8-21,24,30,32H,22-23H2,1-7H3,(H,40,46)(H,41,45)(H,42,47)/t30-,32?/m1/s1. The van der Waals surface area contributed by atoms with Gasteiger partial charge in [0.1, 0.15) is 34.7 Å². The van der Waals surface area contributed by atoms with Crippen molar-refractivity contribution in [1.82, 2.24) is 20.2 Å². The van der Waals surface area contributed by atoms with Gasteiger partial charge in [-0.15, -0.1) is 0 Å². The number of aromatic nitrogens is 2. The Kier molecular flexibility index (Phi) is 12.6. The molecule has 0 aliphatic carbocycles. The van der Waals surface area contributed by atoms with E-state index in [0.717, 1.165) is 5.56 Å². The number of ketones is 1. The van der Waals surface area contributed by atoms with Gasteiger partial charge in [0.05, 0.1) is 33.8 Å². The second-order valence-electron chi connectivity index (χ2n) is 13.2. The average molecular weight is 700 g/mol. The lowest BCUT2D eigenvalue weighted by molar-refractivity contribution is -0.131. The van der Waals surface area contributed by atoms with Crippen molar-refractivity contribution in [2.24, 2.45) is 0 Å². The van der Waals surface area contributed by atoms with Gasteiger partial charge >= 0.3 is 6.09 Å². The van der Waals surface area contributed by atoms with Gasteiger partial charge in [0.2, 0.25) is 5.91 Å². The number of imidazole rings is 1. The number of hydrogen-bond donors (Lipinski definition) is 3. The summed E-state index contributed by atoms with van der Waals surface area (Å²) in [5, 5.41) is 7.97. The van der Waals surface area contributed by atoms with E-state index >= 15 is 0 Å². The first-order chi connectivity index (χ1) is 24.2. The van der Waals surface area contributed by atoms with Crippen molar-refractivity contribution in [3.8, 4) is 11.5 Å². The van der Waals surface area contributed by atoms with Crippen LogP contribution in [0.2, 0.25) is 0 Å². The maximum absolute atomic E-state index is 13.9. The van der Waals surface area contributed by atoms with Crippen LogP contribution in [0.4, 0.5) is 10.6 Å². The Bertz CT molecular complexity index is 1780. The Balaban J connectivity index is 1.56. The molecule has 13 nitrogen and oxygen atoms in total. The lowest BCUT2D eigenvalue weighted by Crippen LogP contribution is -2.59. The van der Waals surface area contributed by atoms with Crippen LogP contribution in [0.3, 0.4) is 0 Å². The highest BCUT2D eigenvalue weighted by Crippen LogP contribution is 2.27. The molecule has 0 bridgehead atoms. The maximum Gasteiger partial charge on any atom is 0.408 e. The summed E-state index contributed by atoms with van der Waals surface area (Å²) in [5.74, 6) is -0.130. The second kappa shape index (κ2) is 16.8. The van der Waals surface area contributed by atoms with Crippen LogP contribution in [-0.2, 0) is 25.7 Å². The number of carbonyl (C=O) groups is 4. The number of carbonyl (C=O) groups excluding carboxylic acids is 4. The van der Waals surface area contributed by atoms with E-state index in [1.54, 1.807) is 88.1 Å². The zero-order valence-corrected chi connectivity index (χ0v) is 29.9. The molecule has 0 aliphatic rings. The Morgan fingerprint density at radius 3 is 2.02 bits per heavy atom. The minimum Gasteiger partial charge on any atom is -0.497 e. The van der Waals surface area contributed by atoms with E-state index in [-0.39, 0.29) is 24.8 Å². The van der Waals surface area contributed by atoms with Gasteiger partial charge in [0.15, 0.2) is 11.6 Å². The highest BCUT2D eigenvalue weighted by atomic mass is 16.6. The lowest BCUT2D eigenvalue weighted by Gasteiger charge is -2.29. The van der Waals surface area contributed by atoms with Crippen LogP contribution in [0.5, 0.6) is 11.5 Å². The van der Waals surface area contributed by atoms with Crippen molar-refractivity contribution >= 4 is 29.5 Å². The maximum atomic E-state index is 13.9. The van der Waals surface area contributed by atoms with Gasteiger partial charge in [-0.3, -0.25) is 14.4 Å². The number of amides is 3. The molecule has 13 heteroatoms. The van der Waals surface area contributed by atoms with Gasteiger partial charge in [-0.05, 0) is 82.1 Å². The third-order valence-electron chi connectivity index (χ3n) is 7.60. The molecule has 0 aliphatic heterocycles. The molecular formula is C38H45N5O8. The molecule has 51 heavy (non-hydrogen) atoms. The summed E-state index contributed by atoms with van der Waals surface area (Å²) in [6.45, 7) is 8.10. The molecule has 4 aromatic rings. The second-order valence-corrected chi connectivity index (χ2v) is 13.2. The number of hydrogen-bond acceptors (Lipinski definition) is 9. The van der Waals surface area contributed by atoms with E-state index in [2.05, 4.69) is 20.9 Å². The Morgan fingerprint density at radius 1 is 0.824 bits per heavy atom. The molecule has 270 valence electrons. The third kappa shape index (κ3) is 10.9. The molecule has 4 rings (SSSR count). The number of rotatable bonds is 15. The van der Waals surface area contributed by atoms with Crippen LogP contribution in [0.1, 0.15) is 62.1 Å². The van der Waals surface area contributed by atoms with Crippen molar-refractivity contribution in [2.75, 3.05) is 26.1 Å². The molecule has 0 saturated heterocycles. The van der Waals surface area contributed by atoms with E-state index < -0.39 is 41.1 Å². The summed E-state index contributed by atoms with van der Waals surface area (Å²) in [5.41, 5.74) is -0.253. The van der Waals surface area contributed by atoms with Gasteiger partial charge in [-0.1, -0.05) is 42.5 Å². The molecule has 1 unspecified atom stereocenters. The highest BCUT2D eigenvalue weighted by molar-refractivity contribution is 6.01. The van der Waals surface area contributed by atoms with E-state index in [1.165, 1.54) is 26.4 Å². The number of benzene rings is 3. The van der Waals surface area contributed by atoms with Gasteiger partial charge in [0.25, 0.3) is 5.91 Å².